The van der Waals surface area contributed by atoms with Crippen LogP contribution in [0.1, 0.15) is 12.5 Å². The summed E-state index contributed by atoms with van der Waals surface area (Å²) < 4.78 is 63.4. The molecule has 3 aliphatic heterocycles. The van der Waals surface area contributed by atoms with Crippen LogP contribution in [0, 0.1) is 0 Å². The SMILES string of the molecule is Nc1ncnc2c1ncn2[C@@H]1O[C@@H]2COP(=O)(S)O[C@@H]3[C@H](O)[C@H](O[C@H]3n3cnc4c(=O)[nH]ncc43)OP(=O)(S)O[C@H]2[C@H]1O. The minimum Gasteiger partial charge on any atom is -0.386 e. The summed E-state index contributed by atoms with van der Waals surface area (Å²) in [5, 5.41) is 28.3. The maximum absolute atomic E-state index is 13.5. The van der Waals surface area contributed by atoms with Gasteiger partial charge in [0.25, 0.3) is 5.56 Å². The van der Waals surface area contributed by atoms with E-state index >= 15 is 0 Å². The molecule has 4 aromatic heterocycles. The molecule has 3 fully saturated rings. The summed E-state index contributed by atoms with van der Waals surface area (Å²) in [6.07, 6.45) is -6.93. The Morgan fingerprint density at radius 2 is 1.67 bits per heavy atom. The highest BCUT2D eigenvalue weighted by Gasteiger charge is 2.55. The zero-order chi connectivity index (χ0) is 30.3. The number of aromatic amines is 1. The first kappa shape index (κ1) is 29.3. The summed E-state index contributed by atoms with van der Waals surface area (Å²) in [5.74, 6) is 0.0856. The number of rotatable bonds is 2. The van der Waals surface area contributed by atoms with Gasteiger partial charge in [-0.25, -0.2) is 34.2 Å². The minimum atomic E-state index is -4.47. The molecule has 0 aromatic carbocycles. The summed E-state index contributed by atoms with van der Waals surface area (Å²) in [6, 6.07) is 0. The van der Waals surface area contributed by atoms with Crippen molar-refractivity contribution in [3.05, 3.63) is 35.5 Å². The number of ether oxygens (including phenoxy) is 2. The number of nitrogens with zero attached hydrogens (tertiary/aromatic N) is 7. The van der Waals surface area contributed by atoms with Gasteiger partial charge in [-0.05, 0) is 0 Å². The van der Waals surface area contributed by atoms with Gasteiger partial charge in [-0.3, -0.25) is 32.0 Å². The maximum atomic E-state index is 13.5. The number of aliphatic hydroxyl groups excluding tert-OH is 2. The van der Waals surface area contributed by atoms with Crippen LogP contribution in [0.4, 0.5) is 5.82 Å². The highest BCUT2D eigenvalue weighted by atomic mass is 32.7. The molecule has 5 N–H and O–H groups in total. The van der Waals surface area contributed by atoms with E-state index in [4.69, 9.17) is 33.3 Å². The van der Waals surface area contributed by atoms with Crippen LogP contribution in [-0.2, 0) is 36.7 Å². The lowest BCUT2D eigenvalue weighted by atomic mass is 10.1. The van der Waals surface area contributed by atoms with E-state index in [1.54, 1.807) is 0 Å². The first-order valence-corrected chi connectivity index (χ1v) is 17.7. The molecule has 0 aliphatic carbocycles. The van der Waals surface area contributed by atoms with Gasteiger partial charge in [0.2, 0.25) is 0 Å². The number of anilines is 1. The molecule has 3 saturated heterocycles. The van der Waals surface area contributed by atoms with E-state index < -0.39 is 75.0 Å². The molecule has 7 heterocycles. The number of aliphatic hydroxyl groups is 2. The van der Waals surface area contributed by atoms with E-state index in [9.17, 15) is 24.1 Å². The fourth-order valence-corrected chi connectivity index (χ4v) is 8.18. The van der Waals surface area contributed by atoms with Crippen LogP contribution in [0.3, 0.4) is 0 Å². The monoisotopic (exact) mass is 677 g/mol. The van der Waals surface area contributed by atoms with Gasteiger partial charge in [0, 0.05) is 0 Å². The van der Waals surface area contributed by atoms with Crippen molar-refractivity contribution in [2.75, 3.05) is 12.3 Å². The van der Waals surface area contributed by atoms with Crippen molar-refractivity contribution >= 4 is 66.1 Å². The van der Waals surface area contributed by atoms with Gasteiger partial charge in [-0.1, -0.05) is 24.5 Å². The van der Waals surface area contributed by atoms with Crippen LogP contribution in [0.25, 0.3) is 22.2 Å². The van der Waals surface area contributed by atoms with Crippen LogP contribution in [0.2, 0.25) is 0 Å². The quantitative estimate of drug-likeness (QED) is 0.120. The second-order valence-electron chi connectivity index (χ2n) is 9.59. The average Bonchev–Trinajstić information content (AvgIpc) is 3.70. The topological polar surface area (TPSA) is 263 Å². The normalized spacial score (nSPS) is 38.6. The van der Waals surface area contributed by atoms with Crippen LogP contribution in [0.15, 0.2) is 30.0 Å². The lowest BCUT2D eigenvalue weighted by Gasteiger charge is -2.28. The number of imidazole rings is 2. The smallest absolute Gasteiger partial charge is 0.386 e. The third kappa shape index (κ3) is 5.10. The molecule has 10 atom stereocenters. The van der Waals surface area contributed by atoms with Gasteiger partial charge >= 0.3 is 13.6 Å². The van der Waals surface area contributed by atoms with Crippen LogP contribution in [-0.4, -0.2) is 92.9 Å². The third-order valence-electron chi connectivity index (χ3n) is 6.96. The Morgan fingerprint density at radius 1 is 0.930 bits per heavy atom. The molecule has 0 amide bonds. The summed E-state index contributed by atoms with van der Waals surface area (Å²) in [6.45, 7) is -9.38. The zero-order valence-electron chi connectivity index (χ0n) is 21.2. The van der Waals surface area contributed by atoms with Gasteiger partial charge in [-0.2, -0.15) is 5.10 Å². The molecule has 0 spiro atoms. The average molecular weight is 678 g/mol. The number of hydrogen-bond donors (Lipinski definition) is 6. The minimum absolute atomic E-state index is 0.0176. The Balaban J connectivity index is 1.22. The Morgan fingerprint density at radius 3 is 2.49 bits per heavy atom. The van der Waals surface area contributed by atoms with E-state index in [-0.39, 0.29) is 28.0 Å². The van der Waals surface area contributed by atoms with Crippen LogP contribution >= 0.6 is 38.1 Å². The molecule has 4 aromatic rings. The number of nitrogens with two attached hydrogens (primary N) is 1. The second kappa shape index (κ2) is 10.6. The van der Waals surface area contributed by atoms with Crippen molar-refractivity contribution in [3.8, 4) is 0 Å². The van der Waals surface area contributed by atoms with E-state index in [1.807, 2.05) is 0 Å². The van der Waals surface area contributed by atoms with Gasteiger partial charge in [-0.15, -0.1) is 0 Å². The fraction of sp³-hybridized carbons (Fsp3) is 0.474. The molecule has 0 saturated carbocycles. The maximum Gasteiger partial charge on any atom is 0.388 e. The predicted octanol–water partition coefficient (Wildman–Crippen LogP) is -0.0912. The molecule has 7 rings (SSSR count). The highest BCUT2D eigenvalue weighted by Crippen LogP contribution is 2.62. The molecule has 20 nitrogen and oxygen atoms in total. The summed E-state index contributed by atoms with van der Waals surface area (Å²) in [4.78, 5) is 28.3. The Labute approximate surface area is 249 Å². The van der Waals surface area contributed by atoms with Gasteiger partial charge in [0.1, 0.15) is 42.4 Å². The number of nitrogen functional groups attached to an aromatic ring is 1. The zero-order valence-corrected chi connectivity index (χ0v) is 24.8. The van der Waals surface area contributed by atoms with Crippen molar-refractivity contribution in [1.29, 1.82) is 0 Å². The molecule has 0 radical (unpaired) electrons. The standard InChI is InChI=1S/C19H21N9O11P2S2/c20-14-9-15(22-3-21-14)28(5-24-9)17-10(29)12-7(35-17)2-34-40(32,42)38-13-11(30)19(39-41(33,43)37-12)36-18(13)27-4-23-8-6(27)1-25-26-16(8)31/h1,3-5,7,10-13,17-19,29-30H,2H2,(H,26,31)(H,32,42)(H,33,43)(H2,20,21,22)/t7-,10-,11+,12-,13-,17-,18-,19-,40?,41?/m1/s1. The van der Waals surface area contributed by atoms with Gasteiger partial charge in [0.05, 0.1) is 31.0 Å². The van der Waals surface area contributed by atoms with Gasteiger partial charge < -0.3 is 25.4 Å². The summed E-state index contributed by atoms with van der Waals surface area (Å²) in [7, 11) is 0. The number of aromatic nitrogens is 8. The summed E-state index contributed by atoms with van der Waals surface area (Å²) >= 11 is 8.08. The molecule has 43 heavy (non-hydrogen) atoms. The molecule has 3 aliphatic rings. The first-order valence-electron chi connectivity index (χ1n) is 12.3. The van der Waals surface area contributed by atoms with Crippen molar-refractivity contribution in [1.82, 2.24) is 39.3 Å². The lowest BCUT2D eigenvalue weighted by Crippen LogP contribution is -2.38. The number of hydrogen-bond acceptors (Lipinski definition) is 17. The van der Waals surface area contributed by atoms with Crippen LogP contribution in [0.5, 0.6) is 0 Å². The third-order valence-corrected chi connectivity index (χ3v) is 10.1. The number of thiol groups is 2. The number of fused-ring (bicyclic) bond motifs is 5. The molecule has 230 valence electrons. The Hall–Kier alpha value is -2.46. The molecule has 2 bridgehead atoms. The van der Waals surface area contributed by atoms with E-state index in [1.165, 1.54) is 34.3 Å². The van der Waals surface area contributed by atoms with E-state index in [0.29, 0.717) is 0 Å². The highest BCUT2D eigenvalue weighted by molar-refractivity contribution is 8.44. The van der Waals surface area contributed by atoms with Crippen molar-refractivity contribution in [2.24, 2.45) is 0 Å². The van der Waals surface area contributed by atoms with E-state index in [0.717, 1.165) is 0 Å². The second-order valence-corrected chi connectivity index (χ2v) is 15.3. The largest absolute Gasteiger partial charge is 0.388 e. The number of nitrogens with one attached hydrogen (secondary N) is 1. The Bertz CT molecular complexity index is 1870. The lowest BCUT2D eigenvalue weighted by molar-refractivity contribution is -0.130. The first-order chi connectivity index (χ1) is 20.4. The van der Waals surface area contributed by atoms with Gasteiger partial charge in [0.15, 0.2) is 35.7 Å². The Kier molecular flexibility index (Phi) is 7.19. The van der Waals surface area contributed by atoms with E-state index in [2.05, 4.69) is 54.6 Å². The fourth-order valence-electron chi connectivity index (χ4n) is 5.06. The van der Waals surface area contributed by atoms with Crippen molar-refractivity contribution in [3.63, 3.8) is 0 Å². The predicted molar refractivity (Wildman–Crippen MR) is 148 cm³/mol. The molecule has 24 heteroatoms. The van der Waals surface area contributed by atoms with Crippen molar-refractivity contribution < 1.29 is 46.9 Å². The molecule has 2 unspecified atom stereocenters. The molecular weight excluding hydrogens is 656 g/mol. The van der Waals surface area contributed by atoms with Crippen molar-refractivity contribution in [2.45, 2.75) is 49.3 Å². The molecular formula is C19H21N9O11P2S2. The summed E-state index contributed by atoms with van der Waals surface area (Å²) in [5.41, 5.74) is 5.85. The van der Waals surface area contributed by atoms with Crippen LogP contribution < -0.4 is 11.3 Å². The number of H-pyrrole nitrogens is 1.